The highest BCUT2D eigenvalue weighted by Crippen LogP contribution is 2.28. The molecule has 23 heavy (non-hydrogen) atoms. The third-order valence-corrected chi connectivity index (χ3v) is 5.26. The number of likely N-dealkylation sites (N-methyl/N-ethyl adjacent to an activating group) is 1. The molecule has 5 nitrogen and oxygen atoms in total. The molecule has 2 aliphatic rings. The Kier molecular flexibility index (Phi) is 6.88. The van der Waals surface area contributed by atoms with Crippen LogP contribution in [0.1, 0.15) is 52.4 Å². The minimum atomic E-state index is -0.146. The van der Waals surface area contributed by atoms with Crippen molar-refractivity contribution >= 4 is 11.8 Å². The summed E-state index contributed by atoms with van der Waals surface area (Å²) in [5.74, 6) is 0.962. The molecule has 2 fully saturated rings. The molecule has 1 saturated heterocycles. The van der Waals surface area contributed by atoms with Crippen molar-refractivity contribution in [1.82, 2.24) is 15.1 Å². The van der Waals surface area contributed by atoms with Gasteiger partial charge in [0.25, 0.3) is 0 Å². The monoisotopic (exact) mass is 323 g/mol. The third-order valence-electron chi connectivity index (χ3n) is 5.26. The molecule has 0 bridgehead atoms. The van der Waals surface area contributed by atoms with Crippen LogP contribution in [0, 0.1) is 11.8 Å². The van der Waals surface area contributed by atoms with Gasteiger partial charge in [0.1, 0.15) is 0 Å². The smallest absolute Gasteiger partial charge is 0.226 e. The van der Waals surface area contributed by atoms with Crippen LogP contribution in [0.2, 0.25) is 0 Å². The van der Waals surface area contributed by atoms with Gasteiger partial charge in [-0.3, -0.25) is 9.59 Å². The van der Waals surface area contributed by atoms with E-state index in [0.29, 0.717) is 12.5 Å². The molecule has 2 unspecified atom stereocenters. The quantitative estimate of drug-likeness (QED) is 0.812. The molecule has 2 atom stereocenters. The lowest BCUT2D eigenvalue weighted by Gasteiger charge is -2.26. The van der Waals surface area contributed by atoms with Gasteiger partial charge in [-0.25, -0.2) is 0 Å². The van der Waals surface area contributed by atoms with Gasteiger partial charge < -0.3 is 15.1 Å². The predicted octanol–water partition coefficient (Wildman–Crippen LogP) is 1.87. The van der Waals surface area contributed by atoms with Gasteiger partial charge in [0.15, 0.2) is 0 Å². The molecular formula is C18H33N3O2. The topological polar surface area (TPSA) is 52.7 Å². The van der Waals surface area contributed by atoms with E-state index in [9.17, 15) is 9.59 Å². The molecule has 0 aromatic carbocycles. The Hall–Kier alpha value is -1.10. The van der Waals surface area contributed by atoms with E-state index in [4.69, 9.17) is 0 Å². The van der Waals surface area contributed by atoms with E-state index in [1.807, 2.05) is 30.7 Å². The molecule has 0 aromatic rings. The number of hydrogen-bond acceptors (Lipinski definition) is 3. The predicted molar refractivity (Wildman–Crippen MR) is 92.0 cm³/mol. The van der Waals surface area contributed by atoms with Crippen molar-refractivity contribution in [3.63, 3.8) is 0 Å². The summed E-state index contributed by atoms with van der Waals surface area (Å²) >= 11 is 0. The van der Waals surface area contributed by atoms with Crippen LogP contribution >= 0.6 is 0 Å². The first-order valence-corrected chi connectivity index (χ1v) is 9.31. The van der Waals surface area contributed by atoms with Crippen molar-refractivity contribution in [2.24, 2.45) is 11.8 Å². The van der Waals surface area contributed by atoms with Crippen molar-refractivity contribution in [3.05, 3.63) is 0 Å². The van der Waals surface area contributed by atoms with Gasteiger partial charge in [0, 0.05) is 45.1 Å². The van der Waals surface area contributed by atoms with Gasteiger partial charge in [0.05, 0.1) is 0 Å². The lowest BCUT2D eigenvalue weighted by molar-refractivity contribution is -0.140. The molecule has 0 radical (unpaired) electrons. The van der Waals surface area contributed by atoms with E-state index in [-0.39, 0.29) is 17.7 Å². The lowest BCUT2D eigenvalue weighted by Crippen LogP contribution is -2.43. The van der Waals surface area contributed by atoms with Crippen molar-refractivity contribution in [2.45, 2.75) is 58.4 Å². The normalized spacial score (nSPS) is 26.4. The second-order valence-electron chi connectivity index (χ2n) is 7.17. The van der Waals surface area contributed by atoms with Crippen molar-refractivity contribution in [1.29, 1.82) is 0 Å². The van der Waals surface area contributed by atoms with Gasteiger partial charge in [0.2, 0.25) is 11.8 Å². The van der Waals surface area contributed by atoms with Gasteiger partial charge in [-0.2, -0.15) is 0 Å². The molecule has 1 aliphatic heterocycles. The highest BCUT2D eigenvalue weighted by Gasteiger charge is 2.29. The maximum atomic E-state index is 12.6. The summed E-state index contributed by atoms with van der Waals surface area (Å²) in [4.78, 5) is 28.8. The van der Waals surface area contributed by atoms with Crippen LogP contribution < -0.4 is 5.32 Å². The molecule has 1 N–H and O–H groups in total. The molecule has 5 heteroatoms. The maximum Gasteiger partial charge on any atom is 0.226 e. The fraction of sp³-hybridized carbons (Fsp3) is 0.889. The average Bonchev–Trinajstić information content (AvgIpc) is 3.35. The van der Waals surface area contributed by atoms with Crippen molar-refractivity contribution in [2.75, 3.05) is 33.2 Å². The SMILES string of the molecule is CCN(CC)C(=O)C1CCCC(NCC2CC2)CN(C)C(=O)C1. The highest BCUT2D eigenvalue weighted by atomic mass is 16.2. The average molecular weight is 323 g/mol. The Morgan fingerprint density at radius 2 is 1.91 bits per heavy atom. The summed E-state index contributed by atoms with van der Waals surface area (Å²) in [6.07, 6.45) is 5.94. The van der Waals surface area contributed by atoms with Gasteiger partial charge >= 0.3 is 0 Å². The minimum absolute atomic E-state index is 0.107. The number of nitrogens with one attached hydrogen (secondary N) is 1. The Morgan fingerprint density at radius 3 is 2.52 bits per heavy atom. The zero-order valence-corrected chi connectivity index (χ0v) is 15.0. The molecule has 1 heterocycles. The maximum absolute atomic E-state index is 12.6. The van der Waals surface area contributed by atoms with E-state index in [1.54, 1.807) is 0 Å². The summed E-state index contributed by atoms with van der Waals surface area (Å²) in [6.45, 7) is 7.29. The van der Waals surface area contributed by atoms with Gasteiger partial charge in [-0.05, 0) is 52.0 Å². The molecule has 0 spiro atoms. The summed E-state index contributed by atoms with van der Waals surface area (Å²) < 4.78 is 0. The molecule has 132 valence electrons. The van der Waals surface area contributed by atoms with Crippen LogP contribution in [0.5, 0.6) is 0 Å². The van der Waals surface area contributed by atoms with Crippen molar-refractivity contribution < 1.29 is 9.59 Å². The van der Waals surface area contributed by atoms with Crippen LogP contribution in [0.4, 0.5) is 0 Å². The van der Waals surface area contributed by atoms with Gasteiger partial charge in [-0.15, -0.1) is 0 Å². The number of nitrogens with zero attached hydrogens (tertiary/aromatic N) is 2. The summed E-state index contributed by atoms with van der Waals surface area (Å²) in [5.41, 5.74) is 0. The molecule has 2 amide bonds. The summed E-state index contributed by atoms with van der Waals surface area (Å²) in [5, 5.41) is 3.63. The zero-order chi connectivity index (χ0) is 16.8. The van der Waals surface area contributed by atoms with E-state index >= 15 is 0 Å². The van der Waals surface area contributed by atoms with Crippen LogP contribution in [-0.2, 0) is 9.59 Å². The second kappa shape index (κ2) is 8.67. The number of carbonyl (C=O) groups excluding carboxylic acids is 2. The zero-order valence-electron chi connectivity index (χ0n) is 15.0. The first kappa shape index (κ1) is 18.2. The van der Waals surface area contributed by atoms with E-state index in [1.165, 1.54) is 12.8 Å². The number of hydrogen-bond donors (Lipinski definition) is 1. The fourth-order valence-electron chi connectivity index (χ4n) is 3.43. The largest absolute Gasteiger partial charge is 0.344 e. The third kappa shape index (κ3) is 5.48. The lowest BCUT2D eigenvalue weighted by atomic mass is 9.95. The number of carbonyl (C=O) groups is 2. The number of amides is 2. The molecule has 1 aliphatic carbocycles. The Morgan fingerprint density at radius 1 is 1.22 bits per heavy atom. The van der Waals surface area contributed by atoms with E-state index in [0.717, 1.165) is 51.4 Å². The molecule has 2 rings (SSSR count). The second-order valence-corrected chi connectivity index (χ2v) is 7.17. The molecule has 1 saturated carbocycles. The van der Waals surface area contributed by atoms with Crippen LogP contribution in [0.25, 0.3) is 0 Å². The molecule has 0 aromatic heterocycles. The number of rotatable bonds is 6. The summed E-state index contributed by atoms with van der Waals surface area (Å²) in [7, 11) is 1.87. The Labute approximate surface area is 140 Å². The minimum Gasteiger partial charge on any atom is -0.344 e. The standard InChI is InChI=1S/C18H33N3O2/c1-4-21(5-2)18(23)15-7-6-8-16(19-12-14-9-10-14)13-20(3)17(22)11-15/h14-16,19H,4-13H2,1-3H3. The first-order valence-electron chi connectivity index (χ1n) is 9.31. The van der Waals surface area contributed by atoms with E-state index in [2.05, 4.69) is 5.32 Å². The fourth-order valence-corrected chi connectivity index (χ4v) is 3.43. The molecular weight excluding hydrogens is 290 g/mol. The van der Waals surface area contributed by atoms with E-state index < -0.39 is 0 Å². The Balaban J connectivity index is 1.95. The van der Waals surface area contributed by atoms with Gasteiger partial charge in [-0.1, -0.05) is 6.42 Å². The summed E-state index contributed by atoms with van der Waals surface area (Å²) in [6, 6.07) is 0.367. The van der Waals surface area contributed by atoms with Crippen LogP contribution in [-0.4, -0.2) is 60.9 Å². The van der Waals surface area contributed by atoms with Crippen molar-refractivity contribution in [3.8, 4) is 0 Å². The highest BCUT2D eigenvalue weighted by molar-refractivity contribution is 5.85. The van der Waals surface area contributed by atoms with Crippen LogP contribution in [0.15, 0.2) is 0 Å². The Bertz CT molecular complexity index is 405. The first-order chi connectivity index (χ1) is 11.0. The van der Waals surface area contributed by atoms with Crippen LogP contribution in [0.3, 0.4) is 0 Å².